The number of anilines is 3. The zero-order valence-corrected chi connectivity index (χ0v) is 17.2. The molecule has 140 valence electrons. The summed E-state index contributed by atoms with van der Waals surface area (Å²) in [7, 11) is 0. The summed E-state index contributed by atoms with van der Waals surface area (Å²) in [6, 6.07) is 21.1. The Balaban J connectivity index is 1.68. The highest BCUT2D eigenvalue weighted by Gasteiger charge is 2.10. The highest BCUT2D eigenvalue weighted by Crippen LogP contribution is 2.30. The lowest BCUT2D eigenvalue weighted by molar-refractivity contribution is 1.28. The van der Waals surface area contributed by atoms with Gasteiger partial charge in [0.1, 0.15) is 0 Å². The van der Waals surface area contributed by atoms with Gasteiger partial charge < -0.3 is 10.0 Å². The van der Waals surface area contributed by atoms with Crippen molar-refractivity contribution >= 4 is 63.5 Å². The van der Waals surface area contributed by atoms with Crippen LogP contribution in [0, 0.1) is 6.92 Å². The molecular formula is C21H16Cl2N4S. The lowest BCUT2D eigenvalue weighted by Gasteiger charge is -2.13. The SMILES string of the molecule is Cc1ccc2nc(NSc3ccc(Cl)cc3)c(Nc3ccc(Cl)cc3)nc2c1. The van der Waals surface area contributed by atoms with Crippen LogP contribution in [-0.4, -0.2) is 9.97 Å². The first-order valence-electron chi connectivity index (χ1n) is 8.56. The highest BCUT2D eigenvalue weighted by molar-refractivity contribution is 8.00. The molecule has 4 aromatic rings. The van der Waals surface area contributed by atoms with Gasteiger partial charge in [-0.3, -0.25) is 0 Å². The highest BCUT2D eigenvalue weighted by atomic mass is 35.5. The molecule has 0 aliphatic heterocycles. The Labute approximate surface area is 177 Å². The van der Waals surface area contributed by atoms with Crippen molar-refractivity contribution in [3.8, 4) is 0 Å². The van der Waals surface area contributed by atoms with E-state index in [4.69, 9.17) is 33.2 Å². The van der Waals surface area contributed by atoms with Crippen LogP contribution >= 0.6 is 35.1 Å². The van der Waals surface area contributed by atoms with E-state index >= 15 is 0 Å². The number of aromatic nitrogens is 2. The Kier molecular flexibility index (Phi) is 5.57. The lowest BCUT2D eigenvalue weighted by Crippen LogP contribution is -2.02. The molecule has 0 aliphatic carbocycles. The van der Waals surface area contributed by atoms with Crippen LogP contribution in [-0.2, 0) is 0 Å². The molecule has 3 aromatic carbocycles. The Morgan fingerprint density at radius 2 is 1.39 bits per heavy atom. The van der Waals surface area contributed by atoms with E-state index in [2.05, 4.69) is 10.0 Å². The number of rotatable bonds is 5. The lowest BCUT2D eigenvalue weighted by atomic mass is 10.2. The second kappa shape index (κ2) is 8.27. The predicted molar refractivity (Wildman–Crippen MR) is 120 cm³/mol. The number of hydrogen-bond donors (Lipinski definition) is 2. The Morgan fingerprint density at radius 3 is 2.11 bits per heavy atom. The van der Waals surface area contributed by atoms with E-state index in [0.717, 1.165) is 27.2 Å². The van der Waals surface area contributed by atoms with Crippen LogP contribution in [0.5, 0.6) is 0 Å². The van der Waals surface area contributed by atoms with E-state index < -0.39 is 0 Å². The molecule has 7 heteroatoms. The van der Waals surface area contributed by atoms with E-state index in [1.807, 2.05) is 73.7 Å². The minimum absolute atomic E-state index is 0.641. The third kappa shape index (κ3) is 4.50. The molecule has 0 spiro atoms. The summed E-state index contributed by atoms with van der Waals surface area (Å²) in [4.78, 5) is 10.6. The van der Waals surface area contributed by atoms with Crippen molar-refractivity contribution in [2.75, 3.05) is 10.0 Å². The maximum absolute atomic E-state index is 5.99. The fourth-order valence-corrected chi connectivity index (χ4v) is 3.48. The van der Waals surface area contributed by atoms with Gasteiger partial charge in [0.15, 0.2) is 11.6 Å². The van der Waals surface area contributed by atoms with Gasteiger partial charge in [-0.2, -0.15) is 0 Å². The Hall–Kier alpha value is -2.47. The molecule has 2 N–H and O–H groups in total. The predicted octanol–water partition coefficient (Wildman–Crippen LogP) is 7.11. The molecular weight excluding hydrogens is 411 g/mol. The molecule has 28 heavy (non-hydrogen) atoms. The smallest absolute Gasteiger partial charge is 0.180 e. The summed E-state index contributed by atoms with van der Waals surface area (Å²) in [5.74, 6) is 1.29. The van der Waals surface area contributed by atoms with Crippen molar-refractivity contribution in [2.24, 2.45) is 0 Å². The number of benzene rings is 3. The summed E-state index contributed by atoms with van der Waals surface area (Å²) in [6.07, 6.45) is 0. The first-order valence-corrected chi connectivity index (χ1v) is 10.1. The molecule has 0 saturated heterocycles. The number of halogens is 2. The number of nitrogens with one attached hydrogen (secondary N) is 2. The van der Waals surface area contributed by atoms with Gasteiger partial charge in [-0.25, -0.2) is 9.97 Å². The zero-order valence-electron chi connectivity index (χ0n) is 14.9. The van der Waals surface area contributed by atoms with Gasteiger partial charge >= 0.3 is 0 Å². The zero-order chi connectivity index (χ0) is 19.5. The Bertz CT molecular complexity index is 1120. The quantitative estimate of drug-likeness (QED) is 0.333. The van der Waals surface area contributed by atoms with E-state index in [0.29, 0.717) is 21.7 Å². The van der Waals surface area contributed by atoms with Gasteiger partial charge in [0, 0.05) is 20.6 Å². The summed E-state index contributed by atoms with van der Waals surface area (Å²) < 4.78 is 3.30. The third-order valence-corrected chi connectivity index (χ3v) is 5.31. The van der Waals surface area contributed by atoms with Crippen LogP contribution in [0.1, 0.15) is 5.56 Å². The largest absolute Gasteiger partial charge is 0.337 e. The standard InChI is InChI=1S/C21H16Cl2N4S/c1-13-2-11-18-19(12-13)26-20(24-16-7-3-14(22)4-8-16)21(25-18)27-28-17-9-5-15(23)6-10-17/h2-12H,1H3,(H,24,26)(H,25,27). The summed E-state index contributed by atoms with van der Waals surface area (Å²) in [6.45, 7) is 2.04. The monoisotopic (exact) mass is 426 g/mol. The molecule has 0 unspecified atom stereocenters. The average Bonchev–Trinajstić information content (AvgIpc) is 2.69. The molecule has 0 saturated carbocycles. The topological polar surface area (TPSA) is 49.8 Å². The van der Waals surface area contributed by atoms with Gasteiger partial charge in [-0.1, -0.05) is 29.3 Å². The van der Waals surface area contributed by atoms with Crippen LogP contribution in [0.4, 0.5) is 17.3 Å². The normalized spacial score (nSPS) is 10.8. The maximum atomic E-state index is 5.99. The second-order valence-electron chi connectivity index (χ2n) is 6.20. The molecule has 1 heterocycles. The van der Waals surface area contributed by atoms with Crippen LogP contribution < -0.4 is 10.0 Å². The molecule has 0 bridgehead atoms. The third-order valence-electron chi connectivity index (χ3n) is 4.01. The van der Waals surface area contributed by atoms with Gasteiger partial charge in [0.05, 0.1) is 11.0 Å². The van der Waals surface area contributed by atoms with Crippen molar-refractivity contribution in [2.45, 2.75) is 11.8 Å². The van der Waals surface area contributed by atoms with Gasteiger partial charge in [0.2, 0.25) is 0 Å². The minimum Gasteiger partial charge on any atom is -0.337 e. The molecule has 0 radical (unpaired) electrons. The van der Waals surface area contributed by atoms with Crippen molar-refractivity contribution in [3.63, 3.8) is 0 Å². The fourth-order valence-electron chi connectivity index (χ4n) is 2.60. The van der Waals surface area contributed by atoms with Crippen LogP contribution in [0.2, 0.25) is 10.0 Å². The number of nitrogens with zero attached hydrogens (tertiary/aromatic N) is 2. The number of fused-ring (bicyclic) bond motifs is 1. The summed E-state index contributed by atoms with van der Waals surface area (Å²) >= 11 is 13.4. The van der Waals surface area contributed by atoms with Gasteiger partial charge in [0.25, 0.3) is 0 Å². The molecule has 4 rings (SSSR count). The van der Waals surface area contributed by atoms with Crippen molar-refractivity contribution in [1.82, 2.24) is 9.97 Å². The van der Waals surface area contributed by atoms with Crippen LogP contribution in [0.25, 0.3) is 11.0 Å². The summed E-state index contributed by atoms with van der Waals surface area (Å²) in [5.41, 5.74) is 3.67. The van der Waals surface area contributed by atoms with E-state index in [1.54, 1.807) is 0 Å². The molecule has 0 amide bonds. The average molecular weight is 427 g/mol. The molecule has 1 aromatic heterocycles. The fraction of sp³-hybridized carbons (Fsp3) is 0.0476. The molecule has 4 nitrogen and oxygen atoms in total. The van der Waals surface area contributed by atoms with Crippen molar-refractivity contribution in [1.29, 1.82) is 0 Å². The number of aryl methyl sites for hydroxylation is 1. The maximum Gasteiger partial charge on any atom is 0.180 e. The van der Waals surface area contributed by atoms with Crippen molar-refractivity contribution < 1.29 is 0 Å². The van der Waals surface area contributed by atoms with Crippen LogP contribution in [0.3, 0.4) is 0 Å². The van der Waals surface area contributed by atoms with E-state index in [1.165, 1.54) is 11.9 Å². The molecule has 0 aliphatic rings. The van der Waals surface area contributed by atoms with Crippen LogP contribution in [0.15, 0.2) is 71.6 Å². The molecule has 0 fully saturated rings. The first-order chi connectivity index (χ1) is 13.6. The first kappa shape index (κ1) is 18.9. The Morgan fingerprint density at radius 1 is 0.750 bits per heavy atom. The van der Waals surface area contributed by atoms with E-state index in [-0.39, 0.29) is 0 Å². The molecule has 0 atom stereocenters. The minimum atomic E-state index is 0.641. The number of hydrogen-bond acceptors (Lipinski definition) is 5. The van der Waals surface area contributed by atoms with Gasteiger partial charge in [-0.15, -0.1) is 0 Å². The summed E-state index contributed by atoms with van der Waals surface area (Å²) in [5, 5.41) is 4.71. The van der Waals surface area contributed by atoms with Crippen molar-refractivity contribution in [3.05, 3.63) is 82.3 Å². The van der Waals surface area contributed by atoms with Gasteiger partial charge in [-0.05, 0) is 85.1 Å². The second-order valence-corrected chi connectivity index (χ2v) is 7.96. The van der Waals surface area contributed by atoms with E-state index in [9.17, 15) is 0 Å².